The second kappa shape index (κ2) is 5.29. The number of hydrogen-bond acceptors (Lipinski definition) is 5. The average Bonchev–Trinajstić information content (AvgIpc) is 2.73. The Bertz CT molecular complexity index is 494. The van der Waals surface area contributed by atoms with Gasteiger partial charge in [0.1, 0.15) is 5.78 Å². The van der Waals surface area contributed by atoms with E-state index < -0.39 is 0 Å². The van der Waals surface area contributed by atoms with Crippen LogP contribution in [0.5, 0.6) is 0 Å². The van der Waals surface area contributed by atoms with E-state index in [4.69, 9.17) is 0 Å². The van der Waals surface area contributed by atoms with Crippen molar-refractivity contribution in [1.29, 1.82) is 0 Å². The Balaban J connectivity index is 1.82. The maximum absolute atomic E-state index is 11.7. The summed E-state index contributed by atoms with van der Waals surface area (Å²) in [6, 6.07) is 3.82. The highest BCUT2D eigenvalue weighted by Gasteiger charge is 2.08. The first kappa shape index (κ1) is 11.4. The fourth-order valence-electron chi connectivity index (χ4n) is 1.49. The number of aromatic nitrogens is 5. The molecular formula is C11H13N5O. The van der Waals surface area contributed by atoms with E-state index in [-0.39, 0.29) is 12.2 Å². The first-order valence-corrected chi connectivity index (χ1v) is 5.37. The molecule has 0 spiro atoms. The fraction of sp³-hybridized carbons (Fsp3) is 0.364. The predicted molar refractivity (Wildman–Crippen MR) is 60.1 cm³/mol. The second-order valence-corrected chi connectivity index (χ2v) is 3.77. The van der Waals surface area contributed by atoms with Crippen LogP contribution in [0.3, 0.4) is 0 Å². The quantitative estimate of drug-likeness (QED) is 0.742. The van der Waals surface area contributed by atoms with E-state index >= 15 is 0 Å². The van der Waals surface area contributed by atoms with Gasteiger partial charge < -0.3 is 0 Å². The number of carbonyl (C=O) groups is 1. The van der Waals surface area contributed by atoms with Crippen LogP contribution < -0.4 is 0 Å². The van der Waals surface area contributed by atoms with Crippen LogP contribution in [0.1, 0.15) is 17.8 Å². The van der Waals surface area contributed by atoms with E-state index in [0.717, 1.165) is 12.0 Å². The summed E-state index contributed by atoms with van der Waals surface area (Å²) in [5, 5.41) is 11.4. The third-order valence-corrected chi connectivity index (χ3v) is 2.35. The Morgan fingerprint density at radius 1 is 1.35 bits per heavy atom. The fourth-order valence-corrected chi connectivity index (χ4v) is 1.49. The molecule has 2 aromatic heterocycles. The lowest BCUT2D eigenvalue weighted by Gasteiger charge is -1.98. The smallest absolute Gasteiger partial charge is 0.182 e. The van der Waals surface area contributed by atoms with Crippen LogP contribution in [-0.2, 0) is 24.7 Å². The molecular weight excluding hydrogens is 218 g/mol. The van der Waals surface area contributed by atoms with Crippen LogP contribution in [0, 0.1) is 0 Å². The topological polar surface area (TPSA) is 73.6 Å². The minimum Gasteiger partial charge on any atom is -0.299 e. The molecule has 0 saturated carbocycles. The Kier molecular flexibility index (Phi) is 3.54. The second-order valence-electron chi connectivity index (χ2n) is 3.77. The highest BCUT2D eigenvalue weighted by Crippen LogP contribution is 2.03. The van der Waals surface area contributed by atoms with Crippen LogP contribution in [0.15, 0.2) is 24.5 Å². The van der Waals surface area contributed by atoms with Gasteiger partial charge in [0.05, 0.1) is 13.5 Å². The lowest BCUT2D eigenvalue weighted by atomic mass is 10.1. The number of tetrazole rings is 1. The molecule has 6 heteroatoms. The van der Waals surface area contributed by atoms with Crippen LogP contribution in [-0.4, -0.2) is 31.0 Å². The summed E-state index contributed by atoms with van der Waals surface area (Å²) in [5.74, 6) is 0.599. The highest BCUT2D eigenvalue weighted by molar-refractivity contribution is 5.80. The molecule has 0 aliphatic rings. The van der Waals surface area contributed by atoms with Crippen molar-refractivity contribution >= 4 is 5.78 Å². The van der Waals surface area contributed by atoms with Gasteiger partial charge in [0.2, 0.25) is 0 Å². The highest BCUT2D eigenvalue weighted by atomic mass is 16.1. The van der Waals surface area contributed by atoms with Gasteiger partial charge in [-0.05, 0) is 29.3 Å². The zero-order valence-corrected chi connectivity index (χ0v) is 9.58. The van der Waals surface area contributed by atoms with Gasteiger partial charge in [0, 0.05) is 18.8 Å². The van der Waals surface area contributed by atoms with Gasteiger partial charge in [-0.1, -0.05) is 0 Å². The molecule has 0 atom stereocenters. The Hall–Kier alpha value is -2.11. The number of nitrogens with zero attached hydrogens (tertiary/aromatic N) is 5. The van der Waals surface area contributed by atoms with Crippen molar-refractivity contribution < 1.29 is 4.79 Å². The Labute approximate surface area is 98.7 Å². The number of rotatable bonds is 5. The summed E-state index contributed by atoms with van der Waals surface area (Å²) in [5.41, 5.74) is 1.11. The summed E-state index contributed by atoms with van der Waals surface area (Å²) >= 11 is 0. The van der Waals surface area contributed by atoms with Crippen molar-refractivity contribution in [1.82, 2.24) is 25.2 Å². The average molecular weight is 231 g/mol. The molecule has 0 amide bonds. The normalized spacial score (nSPS) is 10.4. The van der Waals surface area contributed by atoms with Gasteiger partial charge in [-0.2, -0.15) is 4.80 Å². The molecule has 0 fully saturated rings. The maximum Gasteiger partial charge on any atom is 0.182 e. The van der Waals surface area contributed by atoms with Crippen LogP contribution >= 0.6 is 0 Å². The zero-order valence-electron chi connectivity index (χ0n) is 9.58. The number of pyridine rings is 1. The number of aryl methyl sites for hydroxylation is 2. The number of carbonyl (C=O) groups excluding carboxylic acids is 1. The monoisotopic (exact) mass is 231 g/mol. The Morgan fingerprint density at radius 3 is 2.76 bits per heavy atom. The molecule has 2 aromatic rings. The molecule has 17 heavy (non-hydrogen) atoms. The van der Waals surface area contributed by atoms with E-state index in [1.54, 1.807) is 19.4 Å². The summed E-state index contributed by atoms with van der Waals surface area (Å²) in [6.07, 6.45) is 4.91. The molecule has 0 N–H and O–H groups in total. The van der Waals surface area contributed by atoms with Crippen LogP contribution in [0.25, 0.3) is 0 Å². The molecule has 0 unspecified atom stereocenters. The minimum absolute atomic E-state index is 0.120. The van der Waals surface area contributed by atoms with E-state index in [9.17, 15) is 4.79 Å². The molecule has 6 nitrogen and oxygen atoms in total. The van der Waals surface area contributed by atoms with Gasteiger partial charge >= 0.3 is 0 Å². The standard InChI is InChI=1S/C11H13N5O/c1-16-14-11(13-15-16)8-10(17)3-2-9-4-6-12-7-5-9/h4-7H,2-3,8H2,1H3. The van der Waals surface area contributed by atoms with Gasteiger partial charge in [-0.3, -0.25) is 9.78 Å². The van der Waals surface area contributed by atoms with Gasteiger partial charge in [0.15, 0.2) is 5.82 Å². The summed E-state index contributed by atoms with van der Waals surface area (Å²) in [6.45, 7) is 0. The third-order valence-electron chi connectivity index (χ3n) is 2.35. The lowest BCUT2D eigenvalue weighted by molar-refractivity contribution is -0.118. The van der Waals surface area contributed by atoms with E-state index in [1.807, 2.05) is 12.1 Å². The molecule has 0 aliphatic carbocycles. The van der Waals surface area contributed by atoms with E-state index in [0.29, 0.717) is 12.2 Å². The molecule has 2 heterocycles. The molecule has 0 aromatic carbocycles. The summed E-state index contributed by atoms with van der Waals surface area (Å²) in [7, 11) is 1.68. The largest absolute Gasteiger partial charge is 0.299 e. The van der Waals surface area contributed by atoms with Crippen molar-refractivity contribution in [3.05, 3.63) is 35.9 Å². The first-order valence-electron chi connectivity index (χ1n) is 5.37. The van der Waals surface area contributed by atoms with Gasteiger partial charge in [-0.15, -0.1) is 10.2 Å². The van der Waals surface area contributed by atoms with E-state index in [2.05, 4.69) is 20.4 Å². The van der Waals surface area contributed by atoms with Gasteiger partial charge in [0.25, 0.3) is 0 Å². The maximum atomic E-state index is 11.7. The molecule has 0 radical (unpaired) electrons. The van der Waals surface area contributed by atoms with Crippen molar-refractivity contribution in [2.45, 2.75) is 19.3 Å². The lowest BCUT2D eigenvalue weighted by Crippen LogP contribution is -2.06. The SMILES string of the molecule is Cn1nnc(CC(=O)CCc2ccncc2)n1. The molecule has 88 valence electrons. The summed E-state index contributed by atoms with van der Waals surface area (Å²) < 4.78 is 0. The van der Waals surface area contributed by atoms with Crippen LogP contribution in [0.4, 0.5) is 0 Å². The van der Waals surface area contributed by atoms with Crippen molar-refractivity contribution in [3.8, 4) is 0 Å². The summed E-state index contributed by atoms with van der Waals surface area (Å²) in [4.78, 5) is 16.9. The van der Waals surface area contributed by atoms with Crippen LogP contribution in [0.2, 0.25) is 0 Å². The van der Waals surface area contributed by atoms with Crippen molar-refractivity contribution in [2.24, 2.45) is 7.05 Å². The molecule has 0 aliphatic heterocycles. The first-order chi connectivity index (χ1) is 8.24. The van der Waals surface area contributed by atoms with Crippen molar-refractivity contribution in [2.75, 3.05) is 0 Å². The molecule has 0 bridgehead atoms. The van der Waals surface area contributed by atoms with E-state index in [1.165, 1.54) is 4.80 Å². The number of ketones is 1. The predicted octanol–water partition coefficient (Wildman–Crippen LogP) is 0.349. The number of hydrogen-bond donors (Lipinski definition) is 0. The van der Waals surface area contributed by atoms with Crippen molar-refractivity contribution in [3.63, 3.8) is 0 Å². The van der Waals surface area contributed by atoms with Gasteiger partial charge in [-0.25, -0.2) is 0 Å². The number of Topliss-reactive ketones (excluding diaryl/α,β-unsaturated/α-hetero) is 1. The third kappa shape index (κ3) is 3.44. The molecule has 2 rings (SSSR count). The molecule has 0 saturated heterocycles. The Morgan fingerprint density at radius 2 is 2.12 bits per heavy atom. The zero-order chi connectivity index (χ0) is 12.1. The minimum atomic E-state index is 0.120.